The van der Waals surface area contributed by atoms with E-state index in [1.54, 1.807) is 12.1 Å². The molecule has 0 aliphatic carbocycles. The number of nitroso groups, excluding NO2 is 1. The van der Waals surface area contributed by atoms with Gasteiger partial charge in [-0.2, -0.15) is 0 Å². The van der Waals surface area contributed by atoms with E-state index in [0.717, 1.165) is 5.56 Å². The van der Waals surface area contributed by atoms with Crippen LogP contribution in [0.25, 0.3) is 0 Å². The van der Waals surface area contributed by atoms with Crippen LogP contribution in [0.2, 0.25) is 0 Å². The first-order valence-corrected chi connectivity index (χ1v) is 5.21. The van der Waals surface area contributed by atoms with E-state index in [-0.39, 0.29) is 18.2 Å². The number of rotatable bonds is 3. The topological polar surface area (TPSA) is 90.2 Å². The molecule has 1 aromatic rings. The lowest BCUT2D eigenvalue weighted by atomic mass is 9.89. The van der Waals surface area contributed by atoms with Crippen molar-refractivity contribution in [3.05, 3.63) is 34.7 Å². The van der Waals surface area contributed by atoms with Crippen LogP contribution >= 0.6 is 0 Å². The van der Waals surface area contributed by atoms with Gasteiger partial charge in [0.2, 0.25) is 0 Å². The molecule has 0 radical (unpaired) electrons. The van der Waals surface area contributed by atoms with Crippen LogP contribution < -0.4 is 0 Å². The Morgan fingerprint density at radius 1 is 1.29 bits per heavy atom. The zero-order chi connectivity index (χ0) is 12.4. The van der Waals surface area contributed by atoms with E-state index in [0.29, 0.717) is 6.54 Å². The molecule has 1 saturated heterocycles. The Labute approximate surface area is 97.4 Å². The second-order valence-corrected chi connectivity index (χ2v) is 4.10. The summed E-state index contributed by atoms with van der Waals surface area (Å²) in [6.07, 6.45) is 0. The smallest absolute Gasteiger partial charge is 0.309 e. The van der Waals surface area contributed by atoms with Crippen molar-refractivity contribution < 1.29 is 15.0 Å². The summed E-state index contributed by atoms with van der Waals surface area (Å²) in [7, 11) is 0. The second kappa shape index (κ2) is 4.40. The van der Waals surface area contributed by atoms with Gasteiger partial charge in [0.15, 0.2) is 0 Å². The van der Waals surface area contributed by atoms with Gasteiger partial charge in [-0.1, -0.05) is 12.1 Å². The number of aromatic hydroxyl groups is 1. The summed E-state index contributed by atoms with van der Waals surface area (Å²) in [5, 5.41) is 22.3. The minimum Gasteiger partial charge on any atom is -0.508 e. The van der Waals surface area contributed by atoms with Crippen LogP contribution in [-0.4, -0.2) is 34.3 Å². The average molecular weight is 236 g/mol. The number of aliphatic carboxylic acids is 1. The number of carboxylic acid groups (broad SMARTS) is 1. The van der Waals surface area contributed by atoms with Crippen LogP contribution in [-0.2, 0) is 4.79 Å². The van der Waals surface area contributed by atoms with Crippen molar-refractivity contribution in [3.63, 3.8) is 0 Å². The third-order valence-corrected chi connectivity index (χ3v) is 3.05. The largest absolute Gasteiger partial charge is 0.508 e. The molecule has 0 amide bonds. The first kappa shape index (κ1) is 11.4. The van der Waals surface area contributed by atoms with Gasteiger partial charge in [0.1, 0.15) is 5.75 Å². The van der Waals surface area contributed by atoms with Crippen molar-refractivity contribution in [2.75, 3.05) is 13.1 Å². The summed E-state index contributed by atoms with van der Waals surface area (Å²) in [6.45, 7) is 0.426. The van der Waals surface area contributed by atoms with E-state index >= 15 is 0 Å². The Bertz CT molecular complexity index is 432. The molecule has 0 spiro atoms. The molecule has 0 aromatic heterocycles. The van der Waals surface area contributed by atoms with Crippen molar-refractivity contribution >= 4 is 5.97 Å². The minimum absolute atomic E-state index is 0.129. The number of carboxylic acids is 1. The van der Waals surface area contributed by atoms with Gasteiger partial charge in [-0.05, 0) is 17.7 Å². The Balaban J connectivity index is 2.26. The molecule has 1 heterocycles. The van der Waals surface area contributed by atoms with Crippen LogP contribution in [0.15, 0.2) is 29.6 Å². The normalized spacial score (nSPS) is 23.6. The monoisotopic (exact) mass is 236 g/mol. The van der Waals surface area contributed by atoms with Gasteiger partial charge in [-0.15, -0.1) is 4.91 Å². The highest BCUT2D eigenvalue weighted by atomic mass is 16.4. The number of benzene rings is 1. The third kappa shape index (κ3) is 2.20. The van der Waals surface area contributed by atoms with Crippen LogP contribution in [0.1, 0.15) is 11.5 Å². The van der Waals surface area contributed by atoms with Crippen LogP contribution in [0.4, 0.5) is 0 Å². The summed E-state index contributed by atoms with van der Waals surface area (Å²) in [5.74, 6) is -1.72. The Morgan fingerprint density at radius 3 is 2.47 bits per heavy atom. The predicted octanol–water partition coefficient (Wildman–Crippen LogP) is 1.17. The van der Waals surface area contributed by atoms with Crippen LogP contribution in [0.3, 0.4) is 0 Å². The zero-order valence-electron chi connectivity index (χ0n) is 8.98. The molecule has 90 valence electrons. The van der Waals surface area contributed by atoms with Gasteiger partial charge in [0.25, 0.3) is 0 Å². The second-order valence-electron chi connectivity index (χ2n) is 4.10. The highest BCUT2D eigenvalue weighted by Gasteiger charge is 2.38. The molecule has 0 saturated carbocycles. The molecule has 6 heteroatoms. The van der Waals surface area contributed by atoms with Crippen molar-refractivity contribution in [2.45, 2.75) is 5.92 Å². The predicted molar refractivity (Wildman–Crippen MR) is 59.3 cm³/mol. The van der Waals surface area contributed by atoms with E-state index in [4.69, 9.17) is 5.11 Å². The fourth-order valence-corrected chi connectivity index (χ4v) is 2.16. The van der Waals surface area contributed by atoms with Gasteiger partial charge in [0.05, 0.1) is 17.7 Å². The molecule has 6 nitrogen and oxygen atoms in total. The molecular weight excluding hydrogens is 224 g/mol. The molecular formula is C11H12N2O4. The maximum Gasteiger partial charge on any atom is 0.309 e. The fourth-order valence-electron chi connectivity index (χ4n) is 2.16. The summed E-state index contributed by atoms with van der Waals surface area (Å²) < 4.78 is 0. The highest BCUT2D eigenvalue weighted by Crippen LogP contribution is 2.33. The van der Waals surface area contributed by atoms with E-state index in [1.807, 2.05) is 0 Å². The van der Waals surface area contributed by atoms with Crippen molar-refractivity contribution in [1.29, 1.82) is 0 Å². The van der Waals surface area contributed by atoms with E-state index in [1.165, 1.54) is 17.1 Å². The third-order valence-electron chi connectivity index (χ3n) is 3.05. The molecule has 2 N–H and O–H groups in total. The zero-order valence-corrected chi connectivity index (χ0v) is 8.98. The molecule has 0 bridgehead atoms. The molecule has 1 aliphatic rings. The fraction of sp³-hybridized carbons (Fsp3) is 0.364. The Hall–Kier alpha value is -2.11. The molecule has 2 rings (SSSR count). The van der Waals surface area contributed by atoms with Gasteiger partial charge in [0, 0.05) is 12.5 Å². The van der Waals surface area contributed by atoms with Gasteiger partial charge < -0.3 is 10.2 Å². The van der Waals surface area contributed by atoms with Gasteiger partial charge in [-0.25, -0.2) is 0 Å². The number of nitrogens with zero attached hydrogens (tertiary/aromatic N) is 2. The Morgan fingerprint density at radius 2 is 1.94 bits per heavy atom. The molecule has 1 fully saturated rings. The summed E-state index contributed by atoms with van der Waals surface area (Å²) in [6, 6.07) is 6.35. The maximum atomic E-state index is 11.1. The number of phenols is 1. The SMILES string of the molecule is O=NN1CC(C(=O)O)C(c2ccc(O)cc2)C1. The minimum atomic E-state index is -0.936. The first-order valence-electron chi connectivity index (χ1n) is 5.21. The standard InChI is InChI=1S/C11H12N2O4/c14-8-3-1-7(2-4-8)9-5-13(12-17)6-10(9)11(15)16/h1-4,9-10,14H,5-6H2,(H,15,16). The maximum absolute atomic E-state index is 11.1. The van der Waals surface area contributed by atoms with E-state index in [2.05, 4.69) is 5.29 Å². The molecule has 2 unspecified atom stereocenters. The van der Waals surface area contributed by atoms with E-state index < -0.39 is 11.9 Å². The number of phenolic OH excluding ortho intramolecular Hbond substituents is 1. The quantitative estimate of drug-likeness (QED) is 0.769. The van der Waals surface area contributed by atoms with E-state index in [9.17, 15) is 14.8 Å². The van der Waals surface area contributed by atoms with Gasteiger partial charge in [-0.3, -0.25) is 9.80 Å². The molecule has 1 aromatic carbocycles. The summed E-state index contributed by atoms with van der Waals surface area (Å²) >= 11 is 0. The van der Waals surface area contributed by atoms with Crippen LogP contribution in [0.5, 0.6) is 5.75 Å². The molecule has 2 atom stereocenters. The number of carbonyl (C=O) groups is 1. The van der Waals surface area contributed by atoms with Crippen LogP contribution in [0, 0.1) is 10.8 Å². The lowest BCUT2D eigenvalue weighted by Gasteiger charge is -2.14. The lowest BCUT2D eigenvalue weighted by Crippen LogP contribution is -2.21. The van der Waals surface area contributed by atoms with Crippen molar-refractivity contribution in [2.24, 2.45) is 11.2 Å². The van der Waals surface area contributed by atoms with Crippen molar-refractivity contribution in [1.82, 2.24) is 5.01 Å². The highest BCUT2D eigenvalue weighted by molar-refractivity contribution is 5.72. The molecule has 17 heavy (non-hydrogen) atoms. The number of hydrogen-bond acceptors (Lipinski definition) is 4. The average Bonchev–Trinajstić information content (AvgIpc) is 2.74. The summed E-state index contributed by atoms with van der Waals surface area (Å²) in [4.78, 5) is 21.5. The molecule has 1 aliphatic heterocycles. The van der Waals surface area contributed by atoms with Crippen molar-refractivity contribution in [3.8, 4) is 5.75 Å². The summed E-state index contributed by atoms with van der Waals surface area (Å²) in [5.41, 5.74) is 0.793. The first-order chi connectivity index (χ1) is 8.11. The number of hydrogen-bond donors (Lipinski definition) is 2. The Kier molecular flexibility index (Phi) is 2.95. The van der Waals surface area contributed by atoms with Gasteiger partial charge >= 0.3 is 5.97 Å². The lowest BCUT2D eigenvalue weighted by molar-refractivity contribution is -0.141.